The van der Waals surface area contributed by atoms with Crippen molar-refractivity contribution in [3.63, 3.8) is 0 Å². The molecule has 0 bridgehead atoms. The molecule has 0 amide bonds. The molecule has 10 heteroatoms. The fourth-order valence-corrected chi connectivity index (χ4v) is 3.97. The minimum Gasteiger partial charge on any atom is -0.506 e. The van der Waals surface area contributed by atoms with Gasteiger partial charge in [0.05, 0.1) is 37.0 Å². The summed E-state index contributed by atoms with van der Waals surface area (Å²) >= 11 is 0.931. The molecule has 0 atom stereocenters. The lowest BCUT2D eigenvalue weighted by atomic mass is 10.1. The van der Waals surface area contributed by atoms with Gasteiger partial charge in [0, 0.05) is 11.6 Å². The van der Waals surface area contributed by atoms with Gasteiger partial charge >= 0.3 is 12.1 Å². The molecule has 1 aliphatic heterocycles. The smallest absolute Gasteiger partial charge is 0.416 e. The summed E-state index contributed by atoms with van der Waals surface area (Å²) in [6, 6.07) is 9.42. The van der Waals surface area contributed by atoms with Gasteiger partial charge in [-0.3, -0.25) is 0 Å². The van der Waals surface area contributed by atoms with E-state index in [0.717, 1.165) is 23.9 Å². The fraction of sp³-hybridized carbons (Fsp3) is 0.217. The summed E-state index contributed by atoms with van der Waals surface area (Å²) in [5.74, 6) is -0.205. The van der Waals surface area contributed by atoms with Crippen LogP contribution in [-0.4, -0.2) is 36.9 Å². The second kappa shape index (κ2) is 10.0. The Balaban J connectivity index is 2.08. The highest BCUT2D eigenvalue weighted by Gasteiger charge is 2.34. The van der Waals surface area contributed by atoms with Crippen molar-refractivity contribution in [3.8, 4) is 11.5 Å². The molecule has 0 aliphatic carbocycles. The number of halogens is 3. The van der Waals surface area contributed by atoms with Crippen LogP contribution in [0.4, 0.5) is 18.9 Å². The van der Waals surface area contributed by atoms with Crippen molar-refractivity contribution in [2.45, 2.75) is 13.1 Å². The van der Waals surface area contributed by atoms with Crippen LogP contribution in [0.1, 0.15) is 18.1 Å². The van der Waals surface area contributed by atoms with Crippen LogP contribution in [0.2, 0.25) is 0 Å². The van der Waals surface area contributed by atoms with Crippen LogP contribution in [0, 0.1) is 0 Å². The lowest BCUT2D eigenvalue weighted by molar-refractivity contribution is -0.138. The second-order valence-electron chi connectivity index (χ2n) is 6.63. The third-order valence-corrected chi connectivity index (χ3v) is 5.52. The molecule has 0 aromatic heterocycles. The van der Waals surface area contributed by atoms with Crippen LogP contribution in [-0.2, 0) is 15.7 Å². The predicted molar refractivity (Wildman–Crippen MR) is 120 cm³/mol. The number of aliphatic imine (C=N–C) groups is 1. The Bertz CT molecular complexity index is 1160. The number of methoxy groups -OCH3 is 2. The van der Waals surface area contributed by atoms with E-state index in [4.69, 9.17) is 14.2 Å². The number of carbonyl (C=O) groups is 1. The van der Waals surface area contributed by atoms with E-state index in [-0.39, 0.29) is 33.6 Å². The molecule has 33 heavy (non-hydrogen) atoms. The molecular formula is C23H20F3NO5S. The number of hydrogen-bond donors (Lipinski definition) is 1. The Morgan fingerprint density at radius 2 is 1.91 bits per heavy atom. The highest BCUT2D eigenvalue weighted by molar-refractivity contribution is 8.18. The highest BCUT2D eigenvalue weighted by Crippen LogP contribution is 2.42. The maximum Gasteiger partial charge on any atom is 0.416 e. The van der Waals surface area contributed by atoms with Gasteiger partial charge in [0.2, 0.25) is 0 Å². The largest absolute Gasteiger partial charge is 0.506 e. The first-order valence-corrected chi connectivity index (χ1v) is 10.5. The number of alkyl halides is 3. The van der Waals surface area contributed by atoms with Gasteiger partial charge in [0.15, 0.2) is 0 Å². The zero-order valence-electron chi connectivity index (χ0n) is 17.9. The van der Waals surface area contributed by atoms with Gasteiger partial charge in [-0.15, -0.1) is 0 Å². The molecule has 2 aromatic carbocycles. The molecule has 2 aromatic rings. The number of benzene rings is 2. The second-order valence-corrected chi connectivity index (χ2v) is 7.66. The Hall–Kier alpha value is -3.40. The van der Waals surface area contributed by atoms with Crippen molar-refractivity contribution >= 4 is 34.5 Å². The van der Waals surface area contributed by atoms with Crippen molar-refractivity contribution in [1.82, 2.24) is 0 Å². The summed E-state index contributed by atoms with van der Waals surface area (Å²) < 4.78 is 54.8. The van der Waals surface area contributed by atoms with Crippen molar-refractivity contribution in [3.05, 3.63) is 69.8 Å². The summed E-state index contributed by atoms with van der Waals surface area (Å²) in [6.45, 7) is 1.64. The first-order valence-electron chi connectivity index (χ1n) is 9.66. The van der Waals surface area contributed by atoms with Crippen LogP contribution in [0.5, 0.6) is 11.5 Å². The normalized spacial score (nSPS) is 16.4. The van der Waals surface area contributed by atoms with Crippen molar-refractivity contribution in [1.29, 1.82) is 0 Å². The summed E-state index contributed by atoms with van der Waals surface area (Å²) in [4.78, 5) is 17.0. The van der Waals surface area contributed by atoms with Crippen LogP contribution in [0.25, 0.3) is 6.08 Å². The average molecular weight is 479 g/mol. The van der Waals surface area contributed by atoms with E-state index in [1.165, 1.54) is 26.4 Å². The summed E-state index contributed by atoms with van der Waals surface area (Å²) in [7, 11) is 2.98. The van der Waals surface area contributed by atoms with Crippen molar-refractivity contribution < 1.29 is 37.3 Å². The van der Waals surface area contributed by atoms with Crippen molar-refractivity contribution in [2.24, 2.45) is 4.99 Å². The SMILES string of the molecule is CCOC(=O)C1=C(O)C(=Cc2ccc(OC)cc2OC)SC1=Nc1cccc(C(F)(F)F)c1. The third kappa shape index (κ3) is 5.51. The lowest BCUT2D eigenvalue weighted by Gasteiger charge is -2.08. The van der Waals surface area contributed by atoms with E-state index >= 15 is 0 Å². The summed E-state index contributed by atoms with van der Waals surface area (Å²) in [5, 5.41) is 10.8. The number of aliphatic hydroxyl groups excluding tert-OH is 1. The Kier molecular flexibility index (Phi) is 7.37. The number of ether oxygens (including phenoxy) is 3. The summed E-state index contributed by atoms with van der Waals surface area (Å²) in [5.41, 5.74) is -0.545. The molecule has 1 N–H and O–H groups in total. The quantitative estimate of drug-likeness (QED) is 0.519. The van der Waals surface area contributed by atoms with Gasteiger partial charge in [0.25, 0.3) is 0 Å². The molecule has 0 saturated heterocycles. The highest BCUT2D eigenvalue weighted by atomic mass is 32.2. The molecule has 3 rings (SSSR count). The monoisotopic (exact) mass is 479 g/mol. The number of thioether (sulfide) groups is 1. The topological polar surface area (TPSA) is 77.4 Å². The number of rotatable bonds is 6. The van der Waals surface area contributed by atoms with Gasteiger partial charge in [-0.05, 0) is 43.3 Å². The Morgan fingerprint density at radius 1 is 1.15 bits per heavy atom. The Morgan fingerprint density at radius 3 is 2.55 bits per heavy atom. The van der Waals surface area contributed by atoms with E-state index in [9.17, 15) is 23.1 Å². The maximum atomic E-state index is 13.1. The van der Waals surface area contributed by atoms with Crippen LogP contribution >= 0.6 is 11.8 Å². The first kappa shape index (κ1) is 24.2. The van der Waals surface area contributed by atoms with E-state index in [1.54, 1.807) is 31.2 Å². The number of esters is 1. The fourth-order valence-electron chi connectivity index (χ4n) is 2.94. The van der Waals surface area contributed by atoms with Gasteiger partial charge in [-0.2, -0.15) is 13.2 Å². The zero-order chi connectivity index (χ0) is 24.2. The molecule has 0 radical (unpaired) electrons. The lowest BCUT2D eigenvalue weighted by Crippen LogP contribution is -2.13. The minimum atomic E-state index is -4.54. The van der Waals surface area contributed by atoms with Crippen LogP contribution in [0.3, 0.4) is 0 Å². The van der Waals surface area contributed by atoms with Gasteiger partial charge in [-0.1, -0.05) is 17.8 Å². The molecule has 0 fully saturated rings. The molecule has 0 unspecified atom stereocenters. The molecular weight excluding hydrogens is 459 g/mol. The summed E-state index contributed by atoms with van der Waals surface area (Å²) in [6.07, 6.45) is -2.97. The van der Waals surface area contributed by atoms with E-state index in [2.05, 4.69) is 4.99 Å². The van der Waals surface area contributed by atoms with E-state index in [1.807, 2.05) is 0 Å². The Labute approximate surface area is 192 Å². The first-order chi connectivity index (χ1) is 15.7. The molecule has 0 spiro atoms. The van der Waals surface area contributed by atoms with Crippen LogP contribution < -0.4 is 9.47 Å². The number of carbonyl (C=O) groups excluding carboxylic acids is 1. The minimum absolute atomic E-state index is 0.0176. The molecule has 0 saturated carbocycles. The number of hydrogen-bond acceptors (Lipinski definition) is 7. The van der Waals surface area contributed by atoms with Gasteiger partial charge < -0.3 is 19.3 Å². The van der Waals surface area contributed by atoms with Crippen molar-refractivity contribution in [2.75, 3.05) is 20.8 Å². The average Bonchev–Trinajstić information content (AvgIpc) is 3.08. The zero-order valence-corrected chi connectivity index (χ0v) is 18.7. The van der Waals surface area contributed by atoms with Gasteiger partial charge in [0.1, 0.15) is 27.9 Å². The molecule has 174 valence electrons. The van der Waals surface area contributed by atoms with Crippen LogP contribution in [0.15, 0.2) is 63.7 Å². The standard InChI is InChI=1S/C23H20F3NO5S/c1-4-32-22(29)19-20(28)18(10-13-8-9-16(30-2)12-17(13)31-3)33-21(19)27-15-7-5-6-14(11-15)23(24,25)26/h5-12,28H,4H2,1-3H3. The predicted octanol–water partition coefficient (Wildman–Crippen LogP) is 5.92. The van der Waals surface area contributed by atoms with Gasteiger partial charge in [-0.25, -0.2) is 9.79 Å². The third-order valence-electron chi connectivity index (χ3n) is 4.50. The van der Waals surface area contributed by atoms with E-state index < -0.39 is 17.7 Å². The molecule has 1 heterocycles. The maximum absolute atomic E-state index is 13.1. The van der Waals surface area contributed by atoms with E-state index in [0.29, 0.717) is 17.1 Å². The number of nitrogens with zero attached hydrogens (tertiary/aromatic N) is 1. The molecule has 6 nitrogen and oxygen atoms in total. The number of aliphatic hydroxyl groups is 1. The molecule has 1 aliphatic rings.